The van der Waals surface area contributed by atoms with E-state index in [2.05, 4.69) is 16.4 Å². The number of oxazole rings is 1. The predicted octanol–water partition coefficient (Wildman–Crippen LogP) is 5.88. The molecule has 0 bridgehead atoms. The SMILES string of the molecule is N#Cc1c(NC(=O)c2ccc3ocnc3c2)oc(-c2ccccc2)c1-c1ccccc1. The first kappa shape index (κ1) is 18.4. The van der Waals surface area contributed by atoms with Gasteiger partial charge in [-0.2, -0.15) is 5.26 Å². The van der Waals surface area contributed by atoms with Gasteiger partial charge in [0, 0.05) is 16.7 Å². The Morgan fingerprint density at radius 2 is 1.65 bits per heavy atom. The first-order valence-electron chi connectivity index (χ1n) is 9.57. The van der Waals surface area contributed by atoms with Gasteiger partial charge >= 0.3 is 0 Å². The van der Waals surface area contributed by atoms with Gasteiger partial charge in [0.25, 0.3) is 5.91 Å². The summed E-state index contributed by atoms with van der Waals surface area (Å²) in [7, 11) is 0. The van der Waals surface area contributed by atoms with Crippen molar-refractivity contribution in [1.82, 2.24) is 4.98 Å². The number of furan rings is 1. The molecule has 3 aromatic carbocycles. The molecule has 1 amide bonds. The molecular formula is C25H15N3O3. The number of nitrogens with zero attached hydrogens (tertiary/aromatic N) is 2. The Labute approximate surface area is 177 Å². The van der Waals surface area contributed by atoms with Gasteiger partial charge in [-0.1, -0.05) is 60.7 Å². The molecule has 2 heterocycles. The van der Waals surface area contributed by atoms with Crippen molar-refractivity contribution in [2.45, 2.75) is 0 Å². The summed E-state index contributed by atoms with van der Waals surface area (Å²) in [6.07, 6.45) is 1.32. The van der Waals surface area contributed by atoms with Crippen LogP contribution in [0, 0.1) is 11.3 Å². The fourth-order valence-electron chi connectivity index (χ4n) is 3.47. The zero-order valence-electron chi connectivity index (χ0n) is 16.2. The summed E-state index contributed by atoms with van der Waals surface area (Å²) in [6, 6.07) is 26.1. The topological polar surface area (TPSA) is 92.1 Å². The van der Waals surface area contributed by atoms with E-state index in [1.807, 2.05) is 60.7 Å². The number of fused-ring (bicyclic) bond motifs is 1. The molecule has 5 rings (SSSR count). The lowest BCUT2D eigenvalue weighted by atomic mass is 9.98. The average Bonchev–Trinajstić information content (AvgIpc) is 3.44. The zero-order chi connectivity index (χ0) is 21.2. The number of hydrogen-bond acceptors (Lipinski definition) is 5. The van der Waals surface area contributed by atoms with Crippen molar-refractivity contribution in [2.75, 3.05) is 5.32 Å². The van der Waals surface area contributed by atoms with Gasteiger partial charge in [-0.3, -0.25) is 10.1 Å². The van der Waals surface area contributed by atoms with Crippen LogP contribution in [0.1, 0.15) is 15.9 Å². The lowest BCUT2D eigenvalue weighted by molar-refractivity contribution is 0.102. The van der Waals surface area contributed by atoms with Crippen LogP contribution in [-0.2, 0) is 0 Å². The highest BCUT2D eigenvalue weighted by molar-refractivity contribution is 6.06. The number of benzene rings is 3. The quantitative estimate of drug-likeness (QED) is 0.403. The molecule has 6 nitrogen and oxygen atoms in total. The summed E-state index contributed by atoms with van der Waals surface area (Å²) in [5.74, 6) is 0.213. The van der Waals surface area contributed by atoms with E-state index in [-0.39, 0.29) is 11.4 Å². The first-order valence-corrected chi connectivity index (χ1v) is 9.57. The predicted molar refractivity (Wildman–Crippen MR) is 116 cm³/mol. The van der Waals surface area contributed by atoms with Crippen LogP contribution in [0.3, 0.4) is 0 Å². The van der Waals surface area contributed by atoms with E-state index in [4.69, 9.17) is 8.83 Å². The van der Waals surface area contributed by atoms with Gasteiger partial charge in [-0.15, -0.1) is 0 Å². The van der Waals surface area contributed by atoms with Crippen LogP contribution in [0.5, 0.6) is 0 Å². The Kier molecular flexibility index (Phi) is 4.54. The summed E-state index contributed by atoms with van der Waals surface area (Å²) < 4.78 is 11.3. The third-order valence-corrected chi connectivity index (χ3v) is 4.94. The molecule has 0 aliphatic carbocycles. The highest BCUT2D eigenvalue weighted by atomic mass is 16.4. The molecule has 5 aromatic rings. The number of carbonyl (C=O) groups excluding carboxylic acids is 1. The largest absolute Gasteiger partial charge is 0.443 e. The van der Waals surface area contributed by atoms with Crippen LogP contribution in [0.25, 0.3) is 33.6 Å². The molecule has 31 heavy (non-hydrogen) atoms. The maximum atomic E-state index is 12.9. The summed E-state index contributed by atoms with van der Waals surface area (Å²) in [5.41, 5.74) is 4.07. The molecule has 0 radical (unpaired) electrons. The number of amides is 1. The van der Waals surface area contributed by atoms with Gasteiger partial charge in [0.05, 0.1) is 0 Å². The Hall–Kier alpha value is -4.63. The molecule has 148 valence electrons. The van der Waals surface area contributed by atoms with E-state index in [0.29, 0.717) is 28.0 Å². The Balaban J connectivity index is 1.61. The van der Waals surface area contributed by atoms with E-state index in [1.54, 1.807) is 18.2 Å². The molecule has 0 unspecified atom stereocenters. The molecule has 0 atom stereocenters. The third-order valence-electron chi connectivity index (χ3n) is 4.94. The van der Waals surface area contributed by atoms with Gasteiger partial charge < -0.3 is 8.83 Å². The van der Waals surface area contributed by atoms with Crippen molar-refractivity contribution in [3.63, 3.8) is 0 Å². The zero-order valence-corrected chi connectivity index (χ0v) is 16.2. The number of rotatable bonds is 4. The van der Waals surface area contributed by atoms with Crippen molar-refractivity contribution >= 4 is 22.9 Å². The lowest BCUT2D eigenvalue weighted by Gasteiger charge is -2.03. The van der Waals surface area contributed by atoms with Crippen molar-refractivity contribution in [3.05, 3.63) is 96.4 Å². The second kappa shape index (κ2) is 7.65. The maximum Gasteiger partial charge on any atom is 0.258 e. The van der Waals surface area contributed by atoms with Crippen LogP contribution in [-0.4, -0.2) is 10.9 Å². The second-order valence-corrected chi connectivity index (χ2v) is 6.84. The van der Waals surface area contributed by atoms with Crippen molar-refractivity contribution in [2.24, 2.45) is 0 Å². The van der Waals surface area contributed by atoms with Crippen LogP contribution < -0.4 is 5.32 Å². The number of aromatic nitrogens is 1. The molecule has 0 saturated carbocycles. The van der Waals surface area contributed by atoms with E-state index < -0.39 is 5.91 Å². The van der Waals surface area contributed by atoms with Gasteiger partial charge in [0.15, 0.2) is 12.0 Å². The van der Waals surface area contributed by atoms with Crippen molar-refractivity contribution in [1.29, 1.82) is 5.26 Å². The van der Waals surface area contributed by atoms with Crippen molar-refractivity contribution < 1.29 is 13.6 Å². The molecule has 6 heteroatoms. The molecule has 0 aliphatic heterocycles. The van der Waals surface area contributed by atoms with Gasteiger partial charge in [0.1, 0.15) is 22.9 Å². The van der Waals surface area contributed by atoms with E-state index in [1.165, 1.54) is 6.39 Å². The first-order chi connectivity index (χ1) is 15.2. The molecule has 0 spiro atoms. The number of nitrogens with one attached hydrogen (secondary N) is 1. The summed E-state index contributed by atoms with van der Waals surface area (Å²) in [5, 5.41) is 12.7. The molecule has 2 aromatic heterocycles. The molecule has 0 aliphatic rings. The summed E-state index contributed by atoms with van der Waals surface area (Å²) >= 11 is 0. The Morgan fingerprint density at radius 3 is 2.35 bits per heavy atom. The Bertz CT molecular complexity index is 1430. The number of carbonyl (C=O) groups is 1. The minimum Gasteiger partial charge on any atom is -0.443 e. The summed E-state index contributed by atoms with van der Waals surface area (Å²) in [6.45, 7) is 0. The molecule has 0 saturated heterocycles. The van der Waals surface area contributed by atoms with Crippen LogP contribution in [0.2, 0.25) is 0 Å². The second-order valence-electron chi connectivity index (χ2n) is 6.84. The van der Waals surface area contributed by atoms with Crippen LogP contribution in [0.15, 0.2) is 94.1 Å². The summed E-state index contributed by atoms with van der Waals surface area (Å²) in [4.78, 5) is 17.0. The molecular weight excluding hydrogens is 390 g/mol. The number of hydrogen-bond donors (Lipinski definition) is 1. The maximum absolute atomic E-state index is 12.9. The smallest absolute Gasteiger partial charge is 0.258 e. The van der Waals surface area contributed by atoms with Gasteiger partial charge in [-0.05, 0) is 23.8 Å². The van der Waals surface area contributed by atoms with Crippen LogP contribution >= 0.6 is 0 Å². The van der Waals surface area contributed by atoms with E-state index in [0.717, 1.165) is 11.1 Å². The van der Waals surface area contributed by atoms with Crippen LogP contribution in [0.4, 0.5) is 5.88 Å². The number of nitriles is 1. The Morgan fingerprint density at radius 1 is 0.935 bits per heavy atom. The fourth-order valence-corrected chi connectivity index (χ4v) is 3.47. The fraction of sp³-hybridized carbons (Fsp3) is 0. The minimum absolute atomic E-state index is 0.102. The van der Waals surface area contributed by atoms with Gasteiger partial charge in [-0.25, -0.2) is 4.98 Å². The lowest BCUT2D eigenvalue weighted by Crippen LogP contribution is -2.12. The van der Waals surface area contributed by atoms with Crippen molar-refractivity contribution in [3.8, 4) is 28.5 Å². The molecule has 0 fully saturated rings. The third kappa shape index (κ3) is 3.34. The van der Waals surface area contributed by atoms with E-state index in [9.17, 15) is 10.1 Å². The normalized spacial score (nSPS) is 10.7. The van der Waals surface area contributed by atoms with E-state index >= 15 is 0 Å². The minimum atomic E-state index is -0.408. The highest BCUT2D eigenvalue weighted by Gasteiger charge is 2.24. The standard InChI is InChI=1S/C25H15N3O3/c26-14-19-22(16-7-3-1-4-8-16)23(17-9-5-2-6-10-17)31-25(19)28-24(29)18-11-12-21-20(13-18)27-15-30-21/h1-13,15H,(H,28,29). The average molecular weight is 405 g/mol. The monoisotopic (exact) mass is 405 g/mol. The number of anilines is 1. The van der Waals surface area contributed by atoms with Gasteiger partial charge in [0.2, 0.25) is 5.88 Å². The molecule has 1 N–H and O–H groups in total. The highest BCUT2D eigenvalue weighted by Crippen LogP contribution is 2.41.